The second-order valence-corrected chi connectivity index (χ2v) is 2.86. The summed E-state index contributed by atoms with van der Waals surface area (Å²) >= 11 is 4.98. The molecule has 0 radical (unpaired) electrons. The first-order valence-corrected chi connectivity index (χ1v) is 4.49. The van der Waals surface area contributed by atoms with E-state index in [1.807, 2.05) is 0 Å². The van der Waals surface area contributed by atoms with Crippen molar-refractivity contribution in [3.8, 4) is 0 Å². The van der Waals surface area contributed by atoms with Gasteiger partial charge < -0.3 is 19.9 Å². The molecule has 0 aliphatic heterocycles. The van der Waals surface area contributed by atoms with Gasteiger partial charge in [-0.05, 0) is 12.2 Å². The molecule has 1 rings (SSSR count). The molecular weight excluding hydrogens is 204 g/mol. The van der Waals surface area contributed by atoms with Gasteiger partial charge in [0.05, 0.1) is 13.2 Å². The van der Waals surface area contributed by atoms with Gasteiger partial charge in [0.15, 0.2) is 10.9 Å². The first-order valence-electron chi connectivity index (χ1n) is 4.09. The Morgan fingerprint density at radius 3 is 3.14 bits per heavy atom. The van der Waals surface area contributed by atoms with Gasteiger partial charge in [0.25, 0.3) is 0 Å². The second-order valence-electron chi connectivity index (χ2n) is 2.45. The first kappa shape index (κ1) is 10.9. The predicted octanol–water partition coefficient (Wildman–Crippen LogP) is -0.320. The summed E-state index contributed by atoms with van der Waals surface area (Å²) in [7, 11) is 1.64. The van der Waals surface area contributed by atoms with E-state index in [9.17, 15) is 0 Å². The van der Waals surface area contributed by atoms with Crippen LogP contribution in [0.3, 0.4) is 0 Å². The second kappa shape index (κ2) is 6.28. The van der Waals surface area contributed by atoms with Crippen LogP contribution >= 0.6 is 12.2 Å². The fraction of sp³-hybridized carbons (Fsp3) is 0.571. The van der Waals surface area contributed by atoms with Crippen LogP contribution in [0.15, 0.2) is 10.9 Å². The minimum atomic E-state index is 0.454. The first-order chi connectivity index (χ1) is 6.83. The van der Waals surface area contributed by atoms with E-state index in [0.29, 0.717) is 30.6 Å². The lowest BCUT2D eigenvalue weighted by Crippen LogP contribution is -2.36. The van der Waals surface area contributed by atoms with Crippen LogP contribution in [0.4, 0.5) is 0 Å². The Balaban J connectivity index is 2.09. The van der Waals surface area contributed by atoms with Crippen LogP contribution in [0.1, 0.15) is 5.82 Å². The molecule has 0 aliphatic carbocycles. The van der Waals surface area contributed by atoms with Crippen LogP contribution in [-0.4, -0.2) is 35.5 Å². The molecule has 1 heterocycles. The Morgan fingerprint density at radius 1 is 1.64 bits per heavy atom. The minimum Gasteiger partial charge on any atom is -0.383 e. The van der Waals surface area contributed by atoms with Gasteiger partial charge in [-0.2, -0.15) is 4.98 Å². The number of nitrogens with zero attached hydrogens (tertiary/aromatic N) is 2. The van der Waals surface area contributed by atoms with Crippen molar-refractivity contribution in [2.24, 2.45) is 0 Å². The van der Waals surface area contributed by atoms with Crippen LogP contribution < -0.4 is 10.6 Å². The number of hydrogen-bond acceptors (Lipinski definition) is 5. The quantitative estimate of drug-likeness (QED) is 0.516. The predicted molar refractivity (Wildman–Crippen MR) is 53.6 cm³/mol. The Morgan fingerprint density at radius 2 is 2.50 bits per heavy atom. The number of ether oxygens (including phenoxy) is 1. The van der Waals surface area contributed by atoms with E-state index in [0.717, 1.165) is 0 Å². The third-order valence-electron chi connectivity index (χ3n) is 1.41. The molecule has 78 valence electrons. The Labute approximate surface area is 87.0 Å². The highest BCUT2D eigenvalue weighted by atomic mass is 32.1. The molecule has 0 atom stereocenters. The normalized spacial score (nSPS) is 9.79. The van der Waals surface area contributed by atoms with E-state index in [4.69, 9.17) is 17.0 Å². The summed E-state index contributed by atoms with van der Waals surface area (Å²) in [5.41, 5.74) is 0. The smallest absolute Gasteiger partial charge is 0.213 e. The van der Waals surface area contributed by atoms with Gasteiger partial charge in [-0.25, -0.2) is 0 Å². The summed E-state index contributed by atoms with van der Waals surface area (Å²) in [6, 6.07) is 0. The number of methoxy groups -OCH3 is 1. The Hall–Kier alpha value is -1.21. The molecule has 0 spiro atoms. The third-order valence-corrected chi connectivity index (χ3v) is 1.69. The van der Waals surface area contributed by atoms with Crippen molar-refractivity contribution >= 4 is 17.3 Å². The highest BCUT2D eigenvalue weighted by Crippen LogP contribution is 1.85. The topological polar surface area (TPSA) is 72.2 Å². The van der Waals surface area contributed by atoms with Crippen molar-refractivity contribution in [2.45, 2.75) is 6.54 Å². The molecule has 1 aromatic rings. The molecule has 1 aromatic heterocycles. The lowest BCUT2D eigenvalue weighted by atomic mass is 10.6. The number of rotatable bonds is 5. The largest absolute Gasteiger partial charge is 0.383 e. The molecule has 6 nitrogen and oxygen atoms in total. The van der Waals surface area contributed by atoms with Gasteiger partial charge in [-0.1, -0.05) is 5.16 Å². The van der Waals surface area contributed by atoms with Gasteiger partial charge in [-0.15, -0.1) is 0 Å². The lowest BCUT2D eigenvalue weighted by Gasteiger charge is -2.07. The number of nitrogens with one attached hydrogen (secondary N) is 2. The minimum absolute atomic E-state index is 0.454. The Kier molecular flexibility index (Phi) is 4.87. The molecule has 0 amide bonds. The van der Waals surface area contributed by atoms with Crippen LogP contribution in [0, 0.1) is 0 Å². The van der Waals surface area contributed by atoms with Gasteiger partial charge in [0.2, 0.25) is 6.39 Å². The summed E-state index contributed by atoms with van der Waals surface area (Å²) in [4.78, 5) is 3.83. The lowest BCUT2D eigenvalue weighted by molar-refractivity contribution is 0.204. The van der Waals surface area contributed by atoms with Gasteiger partial charge in [0.1, 0.15) is 0 Å². The van der Waals surface area contributed by atoms with Gasteiger partial charge in [0, 0.05) is 13.7 Å². The highest BCUT2D eigenvalue weighted by molar-refractivity contribution is 7.80. The van der Waals surface area contributed by atoms with Crippen LogP contribution in [0.5, 0.6) is 0 Å². The third kappa shape index (κ3) is 4.15. The van der Waals surface area contributed by atoms with Crippen molar-refractivity contribution in [1.29, 1.82) is 0 Å². The Bertz CT molecular complexity index is 265. The zero-order chi connectivity index (χ0) is 10.2. The fourth-order valence-corrected chi connectivity index (χ4v) is 0.933. The molecule has 0 bridgehead atoms. The molecule has 0 unspecified atom stereocenters. The summed E-state index contributed by atoms with van der Waals surface area (Å²) in [6.45, 7) is 1.74. The van der Waals surface area contributed by atoms with E-state index in [1.165, 1.54) is 6.39 Å². The zero-order valence-electron chi connectivity index (χ0n) is 7.82. The van der Waals surface area contributed by atoms with Crippen molar-refractivity contribution in [1.82, 2.24) is 20.8 Å². The van der Waals surface area contributed by atoms with Crippen molar-refractivity contribution in [2.75, 3.05) is 20.3 Å². The van der Waals surface area contributed by atoms with Gasteiger partial charge in [-0.3, -0.25) is 0 Å². The number of hydrogen-bond donors (Lipinski definition) is 2. The molecule has 7 heteroatoms. The molecule has 2 N–H and O–H groups in total. The zero-order valence-corrected chi connectivity index (χ0v) is 8.63. The van der Waals surface area contributed by atoms with E-state index in [2.05, 4.69) is 25.3 Å². The maximum absolute atomic E-state index is 4.98. The van der Waals surface area contributed by atoms with E-state index in [1.54, 1.807) is 7.11 Å². The van der Waals surface area contributed by atoms with Gasteiger partial charge >= 0.3 is 0 Å². The molecule has 0 aromatic carbocycles. The van der Waals surface area contributed by atoms with E-state index in [-0.39, 0.29) is 0 Å². The van der Waals surface area contributed by atoms with Crippen LogP contribution in [0.2, 0.25) is 0 Å². The molecule has 0 fully saturated rings. The van der Waals surface area contributed by atoms with E-state index >= 15 is 0 Å². The molecule has 0 aliphatic rings. The van der Waals surface area contributed by atoms with Crippen molar-refractivity contribution < 1.29 is 9.26 Å². The molecule has 0 saturated heterocycles. The summed E-state index contributed by atoms with van der Waals surface area (Å²) in [6.07, 6.45) is 1.28. The summed E-state index contributed by atoms with van der Waals surface area (Å²) < 4.78 is 9.41. The SMILES string of the molecule is COCCNC(=S)NCc1ncon1. The maximum Gasteiger partial charge on any atom is 0.213 e. The van der Waals surface area contributed by atoms with Crippen molar-refractivity contribution in [3.63, 3.8) is 0 Å². The van der Waals surface area contributed by atoms with Crippen LogP contribution in [-0.2, 0) is 11.3 Å². The average molecular weight is 216 g/mol. The highest BCUT2D eigenvalue weighted by Gasteiger charge is 1.99. The standard InChI is InChI=1S/C7H12N4O2S/c1-12-3-2-8-7(14)9-4-6-10-5-13-11-6/h5H,2-4H2,1H3,(H2,8,9,14). The summed E-state index contributed by atoms with van der Waals surface area (Å²) in [5, 5.41) is 10.1. The number of aromatic nitrogens is 2. The monoisotopic (exact) mass is 216 g/mol. The molecule has 14 heavy (non-hydrogen) atoms. The summed E-state index contributed by atoms with van der Waals surface area (Å²) in [5.74, 6) is 0.570. The molecular formula is C7H12N4O2S. The number of thiocarbonyl (C=S) groups is 1. The molecule has 0 saturated carbocycles. The average Bonchev–Trinajstić information content (AvgIpc) is 2.68. The fourth-order valence-electron chi connectivity index (χ4n) is 0.759. The maximum atomic E-state index is 4.98. The van der Waals surface area contributed by atoms with Crippen LogP contribution in [0.25, 0.3) is 0 Å². The van der Waals surface area contributed by atoms with E-state index < -0.39 is 0 Å². The van der Waals surface area contributed by atoms with Crippen molar-refractivity contribution in [3.05, 3.63) is 12.2 Å².